The molecule has 1 N–H and O–H groups in total. The third kappa shape index (κ3) is 4.08. The molecule has 0 amide bonds. The molecule has 1 fully saturated rings. The molecule has 1 saturated heterocycles. The van der Waals surface area contributed by atoms with Gasteiger partial charge in [0, 0.05) is 19.3 Å². The van der Waals surface area contributed by atoms with Crippen LogP contribution in [0.1, 0.15) is 32.6 Å². The zero-order chi connectivity index (χ0) is 10.2. The third-order valence-electron chi connectivity index (χ3n) is 2.87. The maximum absolute atomic E-state index is 8.59. The Bertz CT molecular complexity index is 182. The van der Waals surface area contributed by atoms with Crippen LogP contribution in [0, 0.1) is 17.2 Å². The van der Waals surface area contributed by atoms with Crippen LogP contribution in [0.15, 0.2) is 0 Å². The third-order valence-corrected chi connectivity index (χ3v) is 2.87. The summed E-state index contributed by atoms with van der Waals surface area (Å²) in [7, 11) is 0. The molecule has 3 heteroatoms. The van der Waals surface area contributed by atoms with E-state index in [1.54, 1.807) is 0 Å². The van der Waals surface area contributed by atoms with Crippen molar-refractivity contribution in [3.8, 4) is 6.07 Å². The number of hydrogen-bond acceptors (Lipinski definition) is 3. The minimum absolute atomic E-state index is 0.378. The minimum Gasteiger partial charge on any atom is -0.381 e. The van der Waals surface area contributed by atoms with E-state index in [1.165, 1.54) is 0 Å². The first kappa shape index (κ1) is 11.5. The molecule has 1 aliphatic rings. The van der Waals surface area contributed by atoms with Crippen molar-refractivity contribution in [1.82, 2.24) is 5.32 Å². The van der Waals surface area contributed by atoms with Crippen LogP contribution in [-0.2, 0) is 4.74 Å². The SMILES string of the molecule is CCC(CC#N)NCC1CCOCC1. The lowest BCUT2D eigenvalue weighted by molar-refractivity contribution is 0.0654. The van der Waals surface area contributed by atoms with Gasteiger partial charge in [-0.1, -0.05) is 6.92 Å². The molecule has 0 spiro atoms. The van der Waals surface area contributed by atoms with E-state index in [9.17, 15) is 0 Å². The first-order chi connectivity index (χ1) is 6.86. The summed E-state index contributed by atoms with van der Waals surface area (Å²) in [5, 5.41) is 12.1. The van der Waals surface area contributed by atoms with E-state index in [2.05, 4.69) is 18.3 Å². The molecule has 0 aromatic heterocycles. The lowest BCUT2D eigenvalue weighted by Gasteiger charge is -2.24. The van der Waals surface area contributed by atoms with E-state index in [-0.39, 0.29) is 0 Å². The van der Waals surface area contributed by atoms with Crippen LogP contribution in [0.4, 0.5) is 0 Å². The molecule has 1 heterocycles. The molecule has 0 radical (unpaired) electrons. The Kier molecular flexibility index (Phi) is 5.58. The van der Waals surface area contributed by atoms with Crippen LogP contribution in [0.2, 0.25) is 0 Å². The summed E-state index contributed by atoms with van der Waals surface area (Å²) in [4.78, 5) is 0. The summed E-state index contributed by atoms with van der Waals surface area (Å²) in [5.74, 6) is 0.747. The smallest absolute Gasteiger partial charge is 0.0638 e. The van der Waals surface area contributed by atoms with Crippen molar-refractivity contribution < 1.29 is 4.74 Å². The van der Waals surface area contributed by atoms with Gasteiger partial charge in [-0.3, -0.25) is 0 Å². The fourth-order valence-corrected chi connectivity index (χ4v) is 1.75. The van der Waals surface area contributed by atoms with Crippen LogP contribution in [-0.4, -0.2) is 25.8 Å². The first-order valence-corrected chi connectivity index (χ1v) is 5.55. The van der Waals surface area contributed by atoms with Crippen molar-refractivity contribution in [2.75, 3.05) is 19.8 Å². The number of ether oxygens (including phenoxy) is 1. The number of nitriles is 1. The summed E-state index contributed by atoms with van der Waals surface area (Å²) >= 11 is 0. The zero-order valence-corrected chi connectivity index (χ0v) is 8.96. The number of rotatable bonds is 5. The molecular weight excluding hydrogens is 176 g/mol. The van der Waals surface area contributed by atoms with Crippen LogP contribution in [0.5, 0.6) is 0 Å². The topological polar surface area (TPSA) is 45.0 Å². The average molecular weight is 196 g/mol. The van der Waals surface area contributed by atoms with E-state index in [1.807, 2.05) is 0 Å². The van der Waals surface area contributed by atoms with Crippen molar-refractivity contribution in [1.29, 1.82) is 5.26 Å². The fourth-order valence-electron chi connectivity index (χ4n) is 1.75. The highest BCUT2D eigenvalue weighted by molar-refractivity contribution is 4.80. The predicted molar refractivity (Wildman–Crippen MR) is 55.9 cm³/mol. The molecule has 0 aliphatic carbocycles. The van der Waals surface area contributed by atoms with Crippen LogP contribution in [0.25, 0.3) is 0 Å². The van der Waals surface area contributed by atoms with Gasteiger partial charge >= 0.3 is 0 Å². The highest BCUT2D eigenvalue weighted by Gasteiger charge is 2.14. The Morgan fingerprint density at radius 3 is 2.79 bits per heavy atom. The molecule has 0 bridgehead atoms. The van der Waals surface area contributed by atoms with Gasteiger partial charge in [0.25, 0.3) is 0 Å². The van der Waals surface area contributed by atoms with Gasteiger partial charge in [-0.25, -0.2) is 0 Å². The number of nitrogens with zero attached hydrogens (tertiary/aromatic N) is 1. The molecule has 3 nitrogen and oxygen atoms in total. The van der Waals surface area contributed by atoms with Gasteiger partial charge in [0.05, 0.1) is 12.5 Å². The van der Waals surface area contributed by atoms with Crippen LogP contribution < -0.4 is 5.32 Å². The highest BCUT2D eigenvalue weighted by Crippen LogP contribution is 2.13. The Labute approximate surface area is 86.4 Å². The summed E-state index contributed by atoms with van der Waals surface area (Å²) in [6.45, 7) is 4.98. The van der Waals surface area contributed by atoms with Crippen molar-refractivity contribution in [3.63, 3.8) is 0 Å². The maximum Gasteiger partial charge on any atom is 0.0638 e. The quantitative estimate of drug-likeness (QED) is 0.728. The zero-order valence-electron chi connectivity index (χ0n) is 8.96. The second-order valence-corrected chi connectivity index (χ2v) is 3.93. The normalized spacial score (nSPS) is 20.3. The van der Waals surface area contributed by atoms with Crippen LogP contribution in [0.3, 0.4) is 0 Å². The summed E-state index contributed by atoms with van der Waals surface area (Å²) in [5.41, 5.74) is 0. The summed E-state index contributed by atoms with van der Waals surface area (Å²) < 4.78 is 5.30. The lowest BCUT2D eigenvalue weighted by Crippen LogP contribution is -2.34. The molecular formula is C11H20N2O. The van der Waals surface area contributed by atoms with Crippen molar-refractivity contribution in [3.05, 3.63) is 0 Å². The molecule has 0 aromatic rings. The number of hydrogen-bond donors (Lipinski definition) is 1. The van der Waals surface area contributed by atoms with Gasteiger partial charge in [0.2, 0.25) is 0 Å². The average Bonchev–Trinajstić information content (AvgIpc) is 2.25. The lowest BCUT2D eigenvalue weighted by atomic mass is 9.99. The molecule has 80 valence electrons. The molecule has 1 rings (SSSR count). The summed E-state index contributed by atoms with van der Waals surface area (Å²) in [6, 6.07) is 2.60. The largest absolute Gasteiger partial charge is 0.381 e. The number of nitrogens with one attached hydrogen (secondary N) is 1. The predicted octanol–water partition coefficient (Wildman–Crippen LogP) is 1.69. The monoisotopic (exact) mass is 196 g/mol. The Balaban J connectivity index is 2.14. The second-order valence-electron chi connectivity index (χ2n) is 3.93. The van der Waals surface area contributed by atoms with Gasteiger partial charge in [0.15, 0.2) is 0 Å². The Morgan fingerprint density at radius 1 is 1.50 bits per heavy atom. The fraction of sp³-hybridized carbons (Fsp3) is 0.909. The molecule has 0 saturated carbocycles. The maximum atomic E-state index is 8.59. The van der Waals surface area contributed by atoms with Gasteiger partial charge in [-0.15, -0.1) is 0 Å². The highest BCUT2D eigenvalue weighted by atomic mass is 16.5. The minimum atomic E-state index is 0.378. The molecule has 1 unspecified atom stereocenters. The van der Waals surface area contributed by atoms with Crippen molar-refractivity contribution >= 4 is 0 Å². The Hall–Kier alpha value is -0.590. The van der Waals surface area contributed by atoms with E-state index in [0.29, 0.717) is 12.5 Å². The molecule has 14 heavy (non-hydrogen) atoms. The molecule has 1 aliphatic heterocycles. The first-order valence-electron chi connectivity index (χ1n) is 5.55. The molecule has 1 atom stereocenters. The van der Waals surface area contributed by atoms with E-state index < -0.39 is 0 Å². The summed E-state index contributed by atoms with van der Waals surface area (Å²) in [6.07, 6.45) is 3.99. The van der Waals surface area contributed by atoms with Gasteiger partial charge < -0.3 is 10.1 Å². The Morgan fingerprint density at radius 2 is 2.21 bits per heavy atom. The van der Waals surface area contributed by atoms with Crippen molar-refractivity contribution in [2.24, 2.45) is 5.92 Å². The van der Waals surface area contributed by atoms with Gasteiger partial charge in [-0.2, -0.15) is 5.26 Å². The van der Waals surface area contributed by atoms with Crippen molar-refractivity contribution in [2.45, 2.75) is 38.6 Å². The van der Waals surface area contributed by atoms with E-state index >= 15 is 0 Å². The van der Waals surface area contributed by atoms with Crippen LogP contribution >= 0.6 is 0 Å². The van der Waals surface area contributed by atoms with Gasteiger partial charge in [0.1, 0.15) is 0 Å². The molecule has 0 aromatic carbocycles. The second kappa shape index (κ2) is 6.80. The standard InChI is InChI=1S/C11H20N2O/c1-2-11(3-6-12)13-9-10-4-7-14-8-5-10/h10-11,13H,2-5,7-9H2,1H3. The van der Waals surface area contributed by atoms with E-state index in [0.717, 1.165) is 44.9 Å². The van der Waals surface area contributed by atoms with Gasteiger partial charge in [-0.05, 0) is 31.7 Å². The van der Waals surface area contributed by atoms with E-state index in [4.69, 9.17) is 10.00 Å².